The highest BCUT2D eigenvalue weighted by atomic mass is 16.2. The number of nitrogens with zero attached hydrogens (tertiary/aromatic N) is 4. The smallest absolute Gasteiger partial charge is 0.226 e. The maximum absolute atomic E-state index is 12.9. The van der Waals surface area contributed by atoms with Crippen LogP contribution in [0.3, 0.4) is 0 Å². The number of fused-ring (bicyclic) bond motifs is 1. The molecule has 2 saturated carbocycles. The minimum Gasteiger partial charge on any atom is -0.338 e. The van der Waals surface area contributed by atoms with Crippen LogP contribution in [-0.2, 0) is 22.6 Å². The molecular weight excluding hydrogens is 340 g/mol. The lowest BCUT2D eigenvalue weighted by Crippen LogP contribution is -2.40. The molecule has 6 heteroatoms. The first kappa shape index (κ1) is 17.1. The van der Waals surface area contributed by atoms with Gasteiger partial charge in [-0.25, -0.2) is 9.97 Å². The molecule has 0 bridgehead atoms. The van der Waals surface area contributed by atoms with Gasteiger partial charge < -0.3 is 9.80 Å². The molecule has 0 N–H and O–H groups in total. The molecule has 2 aliphatic heterocycles. The topological polar surface area (TPSA) is 66.4 Å². The minimum absolute atomic E-state index is 0.00569. The Morgan fingerprint density at radius 3 is 2.74 bits per heavy atom. The monoisotopic (exact) mass is 368 g/mol. The summed E-state index contributed by atoms with van der Waals surface area (Å²) >= 11 is 0. The summed E-state index contributed by atoms with van der Waals surface area (Å²) in [4.78, 5) is 38.2. The number of rotatable bonds is 2. The number of carbonyl (C=O) groups is 2. The predicted octanol–water partition coefficient (Wildman–Crippen LogP) is 2.63. The Bertz CT molecular complexity index is 788. The molecule has 1 spiro atoms. The third-order valence-corrected chi connectivity index (χ3v) is 7.31. The van der Waals surface area contributed by atoms with Gasteiger partial charge in [0.15, 0.2) is 5.82 Å². The molecule has 1 aromatic heterocycles. The molecule has 2 atom stereocenters. The van der Waals surface area contributed by atoms with Gasteiger partial charge in [-0.1, -0.05) is 6.42 Å². The Balaban J connectivity index is 1.31. The molecule has 2 amide bonds. The lowest BCUT2D eigenvalue weighted by atomic mass is 9.79. The van der Waals surface area contributed by atoms with Crippen LogP contribution in [0.5, 0.6) is 0 Å². The number of piperidine rings is 1. The van der Waals surface area contributed by atoms with Gasteiger partial charge in [-0.3, -0.25) is 9.59 Å². The van der Waals surface area contributed by atoms with Gasteiger partial charge in [0.1, 0.15) is 0 Å². The molecule has 27 heavy (non-hydrogen) atoms. The Hall–Kier alpha value is -1.98. The summed E-state index contributed by atoms with van der Waals surface area (Å²) in [5.74, 6) is 1.50. The van der Waals surface area contributed by atoms with Crippen LogP contribution in [0.2, 0.25) is 0 Å². The van der Waals surface area contributed by atoms with Crippen molar-refractivity contribution < 1.29 is 9.59 Å². The zero-order valence-electron chi connectivity index (χ0n) is 16.1. The Morgan fingerprint density at radius 2 is 2.04 bits per heavy atom. The summed E-state index contributed by atoms with van der Waals surface area (Å²) < 4.78 is 0. The van der Waals surface area contributed by atoms with Gasteiger partial charge >= 0.3 is 0 Å². The predicted molar refractivity (Wildman–Crippen MR) is 99.5 cm³/mol. The number of hydrogen-bond acceptors (Lipinski definition) is 4. The van der Waals surface area contributed by atoms with Crippen LogP contribution < -0.4 is 0 Å². The van der Waals surface area contributed by atoms with Crippen molar-refractivity contribution in [1.29, 1.82) is 0 Å². The lowest BCUT2D eigenvalue weighted by Gasteiger charge is -2.35. The van der Waals surface area contributed by atoms with Crippen LogP contribution in [0.4, 0.5) is 0 Å². The number of amides is 2. The average Bonchev–Trinajstić information content (AvgIpc) is 3.43. The second-order valence-electron chi connectivity index (χ2n) is 8.91. The van der Waals surface area contributed by atoms with Crippen molar-refractivity contribution in [1.82, 2.24) is 19.8 Å². The third-order valence-electron chi connectivity index (χ3n) is 7.31. The van der Waals surface area contributed by atoms with Gasteiger partial charge in [-0.2, -0.15) is 0 Å². The van der Waals surface area contributed by atoms with Crippen molar-refractivity contribution in [3.05, 3.63) is 23.3 Å². The highest BCUT2D eigenvalue weighted by Crippen LogP contribution is 2.66. The first-order chi connectivity index (χ1) is 13.1. The summed E-state index contributed by atoms with van der Waals surface area (Å²) in [6.45, 7) is 3.83. The van der Waals surface area contributed by atoms with E-state index in [-0.39, 0.29) is 17.9 Å². The van der Waals surface area contributed by atoms with Crippen LogP contribution in [0.15, 0.2) is 6.20 Å². The third kappa shape index (κ3) is 2.84. The number of hydrogen-bond donors (Lipinski definition) is 0. The molecule has 5 rings (SSSR count). The molecule has 1 aromatic rings. The normalized spacial score (nSPS) is 28.5. The highest BCUT2D eigenvalue weighted by Gasteiger charge is 2.61. The van der Waals surface area contributed by atoms with Gasteiger partial charge in [0, 0.05) is 50.7 Å². The van der Waals surface area contributed by atoms with E-state index in [4.69, 9.17) is 4.98 Å². The van der Waals surface area contributed by atoms with E-state index < -0.39 is 0 Å². The van der Waals surface area contributed by atoms with E-state index in [2.05, 4.69) is 4.98 Å². The van der Waals surface area contributed by atoms with Crippen LogP contribution in [0, 0.1) is 11.3 Å². The molecular formula is C21H28N4O2. The summed E-state index contributed by atoms with van der Waals surface area (Å²) in [6, 6.07) is 0.00569. The van der Waals surface area contributed by atoms with Gasteiger partial charge in [-0.15, -0.1) is 0 Å². The zero-order valence-corrected chi connectivity index (χ0v) is 16.1. The van der Waals surface area contributed by atoms with Gasteiger partial charge in [0.25, 0.3) is 0 Å². The minimum atomic E-state index is 0.00569. The van der Waals surface area contributed by atoms with E-state index >= 15 is 0 Å². The van der Waals surface area contributed by atoms with E-state index in [1.54, 1.807) is 6.92 Å². The zero-order chi connectivity index (χ0) is 18.6. The van der Waals surface area contributed by atoms with Crippen LogP contribution in [0.25, 0.3) is 0 Å². The summed E-state index contributed by atoms with van der Waals surface area (Å²) in [6.07, 6.45) is 10.7. The standard InChI is InChI=1S/C21H28N4O2/c1-14(26)25-9-3-2-5-18(25)19-22-12-15-13-24(10-6-17(15)23-19)20(27)16-11-21(16)7-4-8-21/h12,16,18H,2-11,13H2,1H3/t16-,18-/m1/s1. The number of likely N-dealkylation sites (tertiary alicyclic amines) is 1. The molecule has 144 valence electrons. The molecule has 0 aromatic carbocycles. The second-order valence-corrected chi connectivity index (χ2v) is 8.91. The molecule has 4 aliphatic rings. The molecule has 0 unspecified atom stereocenters. The fourth-order valence-electron chi connectivity index (χ4n) is 5.36. The van der Waals surface area contributed by atoms with Crippen LogP contribution >= 0.6 is 0 Å². The molecule has 3 fully saturated rings. The maximum atomic E-state index is 12.9. The van der Waals surface area contributed by atoms with Crippen LogP contribution in [0.1, 0.15) is 75.0 Å². The molecule has 6 nitrogen and oxygen atoms in total. The van der Waals surface area contributed by atoms with Crippen LogP contribution in [-0.4, -0.2) is 44.7 Å². The van der Waals surface area contributed by atoms with Gasteiger partial charge in [0.2, 0.25) is 11.8 Å². The lowest BCUT2D eigenvalue weighted by molar-refractivity contribution is -0.135. The molecule has 1 saturated heterocycles. The van der Waals surface area contributed by atoms with Crippen molar-refractivity contribution in [3.63, 3.8) is 0 Å². The fraction of sp³-hybridized carbons (Fsp3) is 0.714. The summed E-state index contributed by atoms with van der Waals surface area (Å²) in [7, 11) is 0. The van der Waals surface area contributed by atoms with Crippen molar-refractivity contribution in [2.24, 2.45) is 11.3 Å². The first-order valence-electron chi connectivity index (χ1n) is 10.5. The summed E-state index contributed by atoms with van der Waals surface area (Å²) in [5.41, 5.74) is 2.52. The second kappa shape index (κ2) is 6.28. The number of aromatic nitrogens is 2. The molecule has 0 radical (unpaired) electrons. The van der Waals surface area contributed by atoms with Gasteiger partial charge in [-0.05, 0) is 43.9 Å². The van der Waals surface area contributed by atoms with Crippen molar-refractivity contribution >= 4 is 11.8 Å². The molecule has 3 heterocycles. The Labute approximate surface area is 160 Å². The average molecular weight is 368 g/mol. The van der Waals surface area contributed by atoms with E-state index in [0.29, 0.717) is 17.9 Å². The van der Waals surface area contributed by atoms with Crippen molar-refractivity contribution in [3.8, 4) is 0 Å². The van der Waals surface area contributed by atoms with E-state index in [1.165, 1.54) is 19.3 Å². The Morgan fingerprint density at radius 1 is 1.19 bits per heavy atom. The van der Waals surface area contributed by atoms with E-state index in [0.717, 1.165) is 62.3 Å². The quantitative estimate of drug-likeness (QED) is 0.805. The first-order valence-corrected chi connectivity index (χ1v) is 10.5. The Kier molecular flexibility index (Phi) is 3.99. The SMILES string of the molecule is CC(=O)N1CCCC[C@@H]1c1ncc2c(n1)CCN(C(=O)[C@H]1CC13CCC3)C2. The van der Waals surface area contributed by atoms with E-state index in [9.17, 15) is 9.59 Å². The van der Waals surface area contributed by atoms with Crippen molar-refractivity contribution in [2.75, 3.05) is 13.1 Å². The summed E-state index contributed by atoms with van der Waals surface area (Å²) in [5, 5.41) is 0. The molecule has 2 aliphatic carbocycles. The number of carbonyl (C=O) groups excluding carboxylic acids is 2. The largest absolute Gasteiger partial charge is 0.338 e. The highest BCUT2D eigenvalue weighted by molar-refractivity contribution is 5.83. The van der Waals surface area contributed by atoms with E-state index in [1.807, 2.05) is 16.0 Å². The van der Waals surface area contributed by atoms with Gasteiger partial charge in [0.05, 0.1) is 11.7 Å². The van der Waals surface area contributed by atoms with Crippen molar-refractivity contribution in [2.45, 2.75) is 70.9 Å². The maximum Gasteiger partial charge on any atom is 0.226 e. The fourth-order valence-corrected chi connectivity index (χ4v) is 5.36.